The van der Waals surface area contributed by atoms with Crippen LogP contribution in [-0.4, -0.2) is 31.6 Å². The quantitative estimate of drug-likeness (QED) is 0.309. The number of nitrogens with one attached hydrogen (secondary N) is 2. The van der Waals surface area contributed by atoms with Crippen LogP contribution in [0.1, 0.15) is 28.6 Å². The van der Waals surface area contributed by atoms with E-state index in [4.69, 9.17) is 4.42 Å². The molecule has 2 N–H and O–H groups in total. The van der Waals surface area contributed by atoms with Crippen LogP contribution in [-0.2, 0) is 4.79 Å². The van der Waals surface area contributed by atoms with E-state index < -0.39 is 5.91 Å². The van der Waals surface area contributed by atoms with Crippen molar-refractivity contribution >= 4 is 35.4 Å². The van der Waals surface area contributed by atoms with Gasteiger partial charge in [0.15, 0.2) is 0 Å². The van der Waals surface area contributed by atoms with Gasteiger partial charge in [-0.1, -0.05) is 30.3 Å². The number of rotatable bonds is 8. The fourth-order valence-corrected chi connectivity index (χ4v) is 2.80. The van der Waals surface area contributed by atoms with Gasteiger partial charge in [0.05, 0.1) is 12.0 Å². The van der Waals surface area contributed by atoms with Gasteiger partial charge < -0.3 is 14.6 Å². The van der Waals surface area contributed by atoms with E-state index in [2.05, 4.69) is 15.8 Å². The van der Waals surface area contributed by atoms with Crippen LogP contribution in [0.2, 0.25) is 0 Å². The molecule has 0 spiro atoms. The van der Waals surface area contributed by atoms with Crippen LogP contribution in [0.15, 0.2) is 94.3 Å². The SMILES string of the molecule is CC(/C=C\c1ccco1)=NNC(=O)/C(=C\c1ccc(N(C)C)cc1)NC(=O)c1ccccc1. The van der Waals surface area contributed by atoms with Crippen molar-refractivity contribution in [1.29, 1.82) is 0 Å². The smallest absolute Gasteiger partial charge is 0.287 e. The molecule has 7 nitrogen and oxygen atoms in total. The van der Waals surface area contributed by atoms with Gasteiger partial charge in [-0.25, -0.2) is 5.43 Å². The van der Waals surface area contributed by atoms with E-state index in [0.29, 0.717) is 17.0 Å². The third-order valence-corrected chi connectivity index (χ3v) is 4.62. The number of anilines is 1. The molecule has 168 valence electrons. The van der Waals surface area contributed by atoms with Crippen molar-refractivity contribution in [1.82, 2.24) is 10.7 Å². The number of carbonyl (C=O) groups is 2. The largest absolute Gasteiger partial charge is 0.465 e. The maximum absolute atomic E-state index is 12.9. The lowest BCUT2D eigenvalue weighted by Gasteiger charge is -2.13. The number of hydrogen-bond donors (Lipinski definition) is 2. The summed E-state index contributed by atoms with van der Waals surface area (Å²) in [6.45, 7) is 1.74. The summed E-state index contributed by atoms with van der Waals surface area (Å²) < 4.78 is 5.23. The number of hydrogen-bond acceptors (Lipinski definition) is 5. The summed E-state index contributed by atoms with van der Waals surface area (Å²) in [7, 11) is 3.90. The summed E-state index contributed by atoms with van der Waals surface area (Å²) in [5.74, 6) is -0.255. The molecule has 0 atom stereocenters. The number of carbonyl (C=O) groups excluding carboxylic acids is 2. The standard InChI is InChI=1S/C26H26N4O3/c1-19(11-16-23-10-7-17-33-23)28-29-26(32)24(27-25(31)21-8-5-4-6-9-21)18-20-12-14-22(15-13-20)30(2)3/h4-18H,1-3H3,(H,27,31)(H,29,32)/b16-11-,24-18+,28-19?. The Morgan fingerprint density at radius 1 is 0.970 bits per heavy atom. The first kappa shape index (κ1) is 23.3. The topological polar surface area (TPSA) is 86.9 Å². The highest BCUT2D eigenvalue weighted by Crippen LogP contribution is 2.14. The van der Waals surface area contributed by atoms with Gasteiger partial charge in [-0.15, -0.1) is 0 Å². The van der Waals surface area contributed by atoms with Crippen molar-refractivity contribution in [3.05, 3.63) is 102 Å². The van der Waals surface area contributed by atoms with E-state index in [1.165, 1.54) is 0 Å². The molecule has 0 saturated heterocycles. The van der Waals surface area contributed by atoms with Crippen molar-refractivity contribution in [2.75, 3.05) is 19.0 Å². The maximum atomic E-state index is 12.9. The lowest BCUT2D eigenvalue weighted by molar-refractivity contribution is -0.117. The van der Waals surface area contributed by atoms with Gasteiger partial charge in [0, 0.05) is 25.3 Å². The Balaban J connectivity index is 1.79. The van der Waals surface area contributed by atoms with Crippen molar-refractivity contribution in [3.8, 4) is 0 Å². The Bertz CT molecular complexity index is 1160. The minimum absolute atomic E-state index is 0.0769. The molecular weight excluding hydrogens is 416 g/mol. The zero-order valence-corrected chi connectivity index (χ0v) is 18.8. The second-order valence-electron chi connectivity index (χ2n) is 7.41. The molecule has 0 unspecified atom stereocenters. The number of nitrogens with zero attached hydrogens (tertiary/aromatic N) is 2. The van der Waals surface area contributed by atoms with Crippen LogP contribution < -0.4 is 15.6 Å². The highest BCUT2D eigenvalue weighted by atomic mass is 16.3. The van der Waals surface area contributed by atoms with Gasteiger partial charge in [0.2, 0.25) is 0 Å². The zero-order chi connectivity index (χ0) is 23.6. The molecule has 1 heterocycles. The molecule has 0 bridgehead atoms. The Morgan fingerprint density at radius 3 is 2.33 bits per heavy atom. The third-order valence-electron chi connectivity index (χ3n) is 4.62. The van der Waals surface area contributed by atoms with Gasteiger partial charge in [-0.05, 0) is 67.1 Å². The highest BCUT2D eigenvalue weighted by Gasteiger charge is 2.14. The minimum atomic E-state index is -0.540. The van der Waals surface area contributed by atoms with E-state index in [0.717, 1.165) is 11.3 Å². The van der Waals surface area contributed by atoms with E-state index in [9.17, 15) is 9.59 Å². The summed E-state index contributed by atoms with van der Waals surface area (Å²) in [5, 5.41) is 6.79. The molecular formula is C26H26N4O3. The van der Waals surface area contributed by atoms with Crippen molar-refractivity contribution in [2.45, 2.75) is 6.92 Å². The number of amides is 2. The second kappa shape index (κ2) is 11.3. The Kier molecular flexibility index (Phi) is 7.96. The van der Waals surface area contributed by atoms with Crippen LogP contribution in [0.25, 0.3) is 12.2 Å². The van der Waals surface area contributed by atoms with E-state index in [1.54, 1.807) is 61.7 Å². The molecule has 1 aromatic heterocycles. The average molecular weight is 443 g/mol. The van der Waals surface area contributed by atoms with E-state index in [1.807, 2.05) is 55.4 Å². The molecule has 0 aliphatic carbocycles. The number of furan rings is 1. The van der Waals surface area contributed by atoms with Gasteiger partial charge in [-0.3, -0.25) is 9.59 Å². The normalized spacial score (nSPS) is 12.0. The molecule has 3 aromatic rings. The molecule has 33 heavy (non-hydrogen) atoms. The summed E-state index contributed by atoms with van der Waals surface area (Å²) in [6, 6.07) is 19.9. The van der Waals surface area contributed by atoms with Gasteiger partial charge >= 0.3 is 0 Å². The summed E-state index contributed by atoms with van der Waals surface area (Å²) in [5.41, 5.74) is 5.36. The summed E-state index contributed by atoms with van der Waals surface area (Å²) in [6.07, 6.45) is 6.64. The first-order chi connectivity index (χ1) is 15.9. The molecule has 0 aliphatic heterocycles. The average Bonchev–Trinajstić information content (AvgIpc) is 3.35. The predicted molar refractivity (Wildman–Crippen MR) is 132 cm³/mol. The molecule has 2 amide bonds. The molecule has 0 fully saturated rings. The molecule has 0 radical (unpaired) electrons. The van der Waals surface area contributed by atoms with Crippen molar-refractivity contribution in [3.63, 3.8) is 0 Å². The zero-order valence-electron chi connectivity index (χ0n) is 18.8. The highest BCUT2D eigenvalue weighted by molar-refractivity contribution is 6.06. The van der Waals surface area contributed by atoms with Crippen LogP contribution in [0, 0.1) is 0 Å². The molecule has 7 heteroatoms. The lowest BCUT2D eigenvalue weighted by atomic mass is 10.1. The maximum Gasteiger partial charge on any atom is 0.287 e. The van der Waals surface area contributed by atoms with Crippen LogP contribution >= 0.6 is 0 Å². The number of hydrazone groups is 1. The van der Waals surface area contributed by atoms with Crippen molar-refractivity contribution in [2.24, 2.45) is 5.10 Å². The first-order valence-electron chi connectivity index (χ1n) is 10.3. The lowest BCUT2D eigenvalue weighted by Crippen LogP contribution is -2.33. The Morgan fingerprint density at radius 2 is 1.70 bits per heavy atom. The van der Waals surface area contributed by atoms with Crippen LogP contribution in [0.3, 0.4) is 0 Å². The summed E-state index contributed by atoms with van der Waals surface area (Å²) in [4.78, 5) is 27.5. The fraction of sp³-hybridized carbons (Fsp3) is 0.115. The summed E-state index contributed by atoms with van der Waals surface area (Å²) >= 11 is 0. The van der Waals surface area contributed by atoms with Gasteiger partial charge in [-0.2, -0.15) is 5.10 Å². The minimum Gasteiger partial charge on any atom is -0.465 e. The predicted octanol–water partition coefficient (Wildman–Crippen LogP) is 4.32. The Labute approximate surface area is 193 Å². The molecule has 2 aromatic carbocycles. The Hall–Kier alpha value is -4.39. The number of allylic oxidation sites excluding steroid dienone is 1. The molecule has 0 aliphatic rings. The number of benzene rings is 2. The molecule has 3 rings (SSSR count). The third kappa shape index (κ3) is 7.07. The first-order valence-corrected chi connectivity index (χ1v) is 10.3. The van der Waals surface area contributed by atoms with E-state index >= 15 is 0 Å². The van der Waals surface area contributed by atoms with Gasteiger partial charge in [0.1, 0.15) is 11.5 Å². The van der Waals surface area contributed by atoms with E-state index in [-0.39, 0.29) is 11.6 Å². The monoisotopic (exact) mass is 442 g/mol. The van der Waals surface area contributed by atoms with Crippen molar-refractivity contribution < 1.29 is 14.0 Å². The second-order valence-corrected chi connectivity index (χ2v) is 7.41. The fourth-order valence-electron chi connectivity index (χ4n) is 2.80. The van der Waals surface area contributed by atoms with Crippen LogP contribution in [0.5, 0.6) is 0 Å². The van der Waals surface area contributed by atoms with Gasteiger partial charge in [0.25, 0.3) is 11.8 Å². The molecule has 0 saturated carbocycles. The van der Waals surface area contributed by atoms with Crippen LogP contribution in [0.4, 0.5) is 5.69 Å².